The van der Waals surface area contributed by atoms with Gasteiger partial charge in [-0.2, -0.15) is 0 Å². The Morgan fingerprint density at radius 1 is 1.06 bits per heavy atom. The average molecular weight is 429 g/mol. The fourth-order valence-electron chi connectivity index (χ4n) is 2.61. The number of benzene rings is 2. The molecule has 3 rings (SSSR count). The molecule has 0 aromatic heterocycles. The maximum atomic E-state index is 6.26. The molecule has 0 radical (unpaired) electrons. The third kappa shape index (κ3) is 1.93. The SMILES string of the molecule is Cc1cc[c]([Hf]([Cl])[Cl])c2c1-c1ccccc1C2. The van der Waals surface area contributed by atoms with Crippen molar-refractivity contribution in [1.82, 2.24) is 0 Å². The van der Waals surface area contributed by atoms with E-state index in [4.69, 9.17) is 17.2 Å². The van der Waals surface area contributed by atoms with Gasteiger partial charge in [0.1, 0.15) is 0 Å². The number of rotatable bonds is 1. The summed E-state index contributed by atoms with van der Waals surface area (Å²) < 4.78 is 1.26. The molecule has 85 valence electrons. The van der Waals surface area contributed by atoms with Crippen LogP contribution in [0, 0.1) is 6.92 Å². The van der Waals surface area contributed by atoms with Crippen molar-refractivity contribution in [3.05, 3.63) is 53.1 Å². The van der Waals surface area contributed by atoms with E-state index in [0.717, 1.165) is 6.42 Å². The molecule has 0 amide bonds. The Morgan fingerprint density at radius 2 is 1.82 bits per heavy atom. The molecule has 0 unspecified atom stereocenters. The van der Waals surface area contributed by atoms with E-state index in [0.29, 0.717) is 0 Å². The number of hydrogen-bond acceptors (Lipinski definition) is 0. The molecule has 1 aliphatic carbocycles. The first-order chi connectivity index (χ1) is 8.18. The minimum absolute atomic E-state index is 0.996. The summed E-state index contributed by atoms with van der Waals surface area (Å²) in [7, 11) is 12.5. The first kappa shape index (κ1) is 12.0. The second-order valence-corrected chi connectivity index (χ2v) is 16.0. The van der Waals surface area contributed by atoms with Crippen LogP contribution in [-0.2, 0) is 25.5 Å². The molecule has 0 aliphatic heterocycles. The van der Waals surface area contributed by atoms with E-state index >= 15 is 0 Å². The Hall–Kier alpha value is -0.110. The molecule has 2 aromatic carbocycles. The standard InChI is InChI=1S/C14H11.2ClH.Hf/c1-10-5-4-7-12-9-11-6-2-3-8-13(11)14(10)12;;;/h2-6,8H,9H2,1H3;2*1H;/q;;;+2/p-2. The van der Waals surface area contributed by atoms with Crippen molar-refractivity contribution in [3.63, 3.8) is 0 Å². The minimum atomic E-state index is -2.49. The Morgan fingerprint density at radius 3 is 2.59 bits per heavy atom. The van der Waals surface area contributed by atoms with Crippen molar-refractivity contribution in [1.29, 1.82) is 0 Å². The molecule has 0 spiro atoms. The van der Waals surface area contributed by atoms with E-state index < -0.39 is 19.1 Å². The van der Waals surface area contributed by atoms with E-state index in [1.807, 2.05) is 0 Å². The van der Waals surface area contributed by atoms with Crippen LogP contribution in [0.3, 0.4) is 0 Å². The van der Waals surface area contributed by atoms with Crippen LogP contribution in [-0.4, -0.2) is 0 Å². The van der Waals surface area contributed by atoms with Crippen molar-refractivity contribution in [3.8, 4) is 11.1 Å². The predicted molar refractivity (Wildman–Crippen MR) is 70.8 cm³/mol. The zero-order chi connectivity index (χ0) is 12.0. The van der Waals surface area contributed by atoms with Crippen molar-refractivity contribution < 1.29 is 19.1 Å². The van der Waals surface area contributed by atoms with Crippen LogP contribution in [0.25, 0.3) is 11.1 Å². The van der Waals surface area contributed by atoms with Gasteiger partial charge in [0.15, 0.2) is 0 Å². The van der Waals surface area contributed by atoms with E-state index in [1.165, 1.54) is 31.1 Å². The molecule has 0 saturated carbocycles. The van der Waals surface area contributed by atoms with Gasteiger partial charge in [-0.25, -0.2) is 0 Å². The van der Waals surface area contributed by atoms with Crippen molar-refractivity contribution in [2.45, 2.75) is 13.3 Å². The molecule has 0 nitrogen and oxygen atoms in total. The Bertz CT molecular complexity index is 591. The van der Waals surface area contributed by atoms with Crippen LogP contribution in [0.15, 0.2) is 36.4 Å². The Balaban J connectivity index is 2.30. The molecule has 0 heterocycles. The predicted octanol–water partition coefficient (Wildman–Crippen LogP) is 4.12. The summed E-state index contributed by atoms with van der Waals surface area (Å²) in [6.45, 7) is 2.16. The van der Waals surface area contributed by atoms with Gasteiger partial charge < -0.3 is 0 Å². The number of fused-ring (bicyclic) bond motifs is 3. The third-order valence-electron chi connectivity index (χ3n) is 3.38. The molecule has 3 heteroatoms. The van der Waals surface area contributed by atoms with E-state index in [1.54, 1.807) is 0 Å². The van der Waals surface area contributed by atoms with Crippen LogP contribution in [0.4, 0.5) is 0 Å². The van der Waals surface area contributed by atoms with Gasteiger partial charge in [0.25, 0.3) is 0 Å². The van der Waals surface area contributed by atoms with Crippen LogP contribution < -0.4 is 3.32 Å². The monoisotopic (exact) mass is 429 g/mol. The number of halogens is 2. The number of aryl methyl sites for hydroxylation is 1. The van der Waals surface area contributed by atoms with E-state index in [9.17, 15) is 0 Å². The average Bonchev–Trinajstić information content (AvgIpc) is 2.68. The fraction of sp³-hybridized carbons (Fsp3) is 0.143. The summed E-state index contributed by atoms with van der Waals surface area (Å²) in [4.78, 5) is 0. The van der Waals surface area contributed by atoms with Crippen molar-refractivity contribution >= 4 is 20.5 Å². The summed E-state index contributed by atoms with van der Waals surface area (Å²) in [5.74, 6) is 0. The number of hydrogen-bond donors (Lipinski definition) is 0. The van der Waals surface area contributed by atoms with Gasteiger partial charge in [0.2, 0.25) is 0 Å². The fourth-order valence-corrected chi connectivity index (χ4v) is 7.85. The molecular formula is C14H11Cl2Hf. The van der Waals surface area contributed by atoms with Crippen LogP contribution in [0.1, 0.15) is 16.7 Å². The molecular weight excluding hydrogens is 418 g/mol. The molecule has 0 fully saturated rings. The summed E-state index contributed by atoms with van der Waals surface area (Å²) in [5, 5.41) is 0. The summed E-state index contributed by atoms with van der Waals surface area (Å²) in [6.07, 6.45) is 0.996. The second-order valence-electron chi connectivity index (χ2n) is 4.38. The normalized spacial score (nSPS) is 12.2. The molecule has 1 aliphatic rings. The summed E-state index contributed by atoms with van der Waals surface area (Å²) in [6, 6.07) is 12.9. The Labute approximate surface area is 116 Å². The van der Waals surface area contributed by atoms with Gasteiger partial charge in [-0.1, -0.05) is 0 Å². The van der Waals surface area contributed by atoms with Gasteiger partial charge in [0, 0.05) is 0 Å². The van der Waals surface area contributed by atoms with Crippen molar-refractivity contribution in [2.75, 3.05) is 0 Å². The topological polar surface area (TPSA) is 0 Å². The molecule has 0 bridgehead atoms. The molecule has 0 atom stereocenters. The van der Waals surface area contributed by atoms with Gasteiger partial charge in [-0.3, -0.25) is 0 Å². The van der Waals surface area contributed by atoms with Crippen molar-refractivity contribution in [2.24, 2.45) is 0 Å². The zero-order valence-corrected chi connectivity index (χ0v) is 14.5. The van der Waals surface area contributed by atoms with Crippen LogP contribution >= 0.6 is 17.2 Å². The Kier molecular flexibility index (Phi) is 3.18. The van der Waals surface area contributed by atoms with Crippen LogP contribution in [0.2, 0.25) is 0 Å². The van der Waals surface area contributed by atoms with Crippen LogP contribution in [0.5, 0.6) is 0 Å². The first-order valence-corrected chi connectivity index (χ1v) is 16.3. The molecule has 17 heavy (non-hydrogen) atoms. The quantitative estimate of drug-likeness (QED) is 0.512. The van der Waals surface area contributed by atoms with E-state index in [2.05, 4.69) is 43.3 Å². The third-order valence-corrected chi connectivity index (χ3v) is 9.86. The molecule has 0 saturated heterocycles. The zero-order valence-electron chi connectivity index (χ0n) is 9.43. The second kappa shape index (κ2) is 4.53. The van der Waals surface area contributed by atoms with Gasteiger partial charge in [-0.15, -0.1) is 0 Å². The van der Waals surface area contributed by atoms with Gasteiger partial charge in [0.05, 0.1) is 0 Å². The summed E-state index contributed by atoms with van der Waals surface area (Å²) in [5.41, 5.74) is 6.86. The maximum absolute atomic E-state index is 6.26. The molecule has 2 aromatic rings. The molecule has 0 N–H and O–H groups in total. The first-order valence-electron chi connectivity index (χ1n) is 5.57. The summed E-state index contributed by atoms with van der Waals surface area (Å²) >= 11 is -2.49. The van der Waals surface area contributed by atoms with Gasteiger partial charge in [-0.05, 0) is 0 Å². The van der Waals surface area contributed by atoms with Gasteiger partial charge >= 0.3 is 117 Å². The van der Waals surface area contributed by atoms with E-state index in [-0.39, 0.29) is 0 Å².